The first kappa shape index (κ1) is 15.3. The van der Waals surface area contributed by atoms with Gasteiger partial charge in [0.05, 0.1) is 17.9 Å². The Bertz CT molecular complexity index is 620. The zero-order chi connectivity index (χ0) is 15.5. The minimum Gasteiger partial charge on any atom is -0.479 e. The van der Waals surface area contributed by atoms with Crippen LogP contribution in [0.2, 0.25) is 0 Å². The van der Waals surface area contributed by atoms with Crippen LogP contribution >= 0.6 is 15.9 Å². The van der Waals surface area contributed by atoms with Gasteiger partial charge in [0.25, 0.3) is 0 Å². The Balaban J connectivity index is 2.12. The number of benzene rings is 1. The fourth-order valence-electron chi connectivity index (χ4n) is 1.97. The van der Waals surface area contributed by atoms with Crippen LogP contribution in [0.15, 0.2) is 22.7 Å². The van der Waals surface area contributed by atoms with Gasteiger partial charge in [-0.15, -0.1) is 0 Å². The molecule has 2 rings (SSSR count). The van der Waals surface area contributed by atoms with Gasteiger partial charge >= 0.3 is 12.0 Å². The molecule has 1 aliphatic rings. The summed E-state index contributed by atoms with van der Waals surface area (Å²) in [7, 11) is 0. The highest BCUT2D eigenvalue weighted by molar-refractivity contribution is 9.10. The van der Waals surface area contributed by atoms with E-state index in [1.54, 1.807) is 18.2 Å². The zero-order valence-corrected chi connectivity index (χ0v) is 12.4. The zero-order valence-electron chi connectivity index (χ0n) is 10.9. The van der Waals surface area contributed by atoms with Gasteiger partial charge in [0.1, 0.15) is 6.07 Å². The number of carbonyl (C=O) groups is 2. The van der Waals surface area contributed by atoms with Crippen LogP contribution in [-0.4, -0.2) is 35.9 Å². The highest BCUT2D eigenvalue weighted by Gasteiger charge is 2.44. The smallest absolute Gasteiger partial charge is 0.332 e. The molecule has 2 amide bonds. The number of urea groups is 1. The Labute approximate surface area is 129 Å². The number of carboxylic acid groups (broad SMARTS) is 1. The van der Waals surface area contributed by atoms with Gasteiger partial charge in [0, 0.05) is 17.5 Å². The predicted molar refractivity (Wildman–Crippen MR) is 76.8 cm³/mol. The SMILES string of the molecule is N#Cc1cc(Br)ccc1NC(=O)NC1(C(=O)O)CCOC1. The minimum absolute atomic E-state index is 0.0821. The summed E-state index contributed by atoms with van der Waals surface area (Å²) in [5.74, 6) is -1.15. The van der Waals surface area contributed by atoms with E-state index in [0.29, 0.717) is 10.2 Å². The van der Waals surface area contributed by atoms with Crippen molar-refractivity contribution >= 4 is 33.6 Å². The lowest BCUT2D eigenvalue weighted by atomic mass is 9.99. The number of amides is 2. The van der Waals surface area contributed by atoms with E-state index in [9.17, 15) is 14.7 Å². The molecule has 0 bridgehead atoms. The van der Waals surface area contributed by atoms with Gasteiger partial charge in [-0.05, 0) is 18.2 Å². The van der Waals surface area contributed by atoms with Crippen LogP contribution in [0.25, 0.3) is 0 Å². The van der Waals surface area contributed by atoms with E-state index >= 15 is 0 Å². The second kappa shape index (κ2) is 6.11. The maximum Gasteiger partial charge on any atom is 0.332 e. The van der Waals surface area contributed by atoms with E-state index in [0.717, 1.165) is 0 Å². The third-order valence-electron chi connectivity index (χ3n) is 3.13. The maximum atomic E-state index is 12.0. The van der Waals surface area contributed by atoms with Crippen LogP contribution in [0.1, 0.15) is 12.0 Å². The van der Waals surface area contributed by atoms with E-state index < -0.39 is 17.5 Å². The van der Waals surface area contributed by atoms with Gasteiger partial charge < -0.3 is 20.5 Å². The first-order chi connectivity index (χ1) is 9.97. The molecule has 21 heavy (non-hydrogen) atoms. The average molecular weight is 354 g/mol. The number of hydrogen-bond donors (Lipinski definition) is 3. The summed E-state index contributed by atoms with van der Waals surface area (Å²) in [6.45, 7) is 0.190. The molecule has 0 radical (unpaired) electrons. The van der Waals surface area contributed by atoms with Gasteiger partial charge in [-0.1, -0.05) is 15.9 Å². The molecule has 1 unspecified atom stereocenters. The van der Waals surface area contributed by atoms with Crippen molar-refractivity contribution in [2.45, 2.75) is 12.0 Å². The van der Waals surface area contributed by atoms with E-state index in [2.05, 4.69) is 26.6 Å². The van der Waals surface area contributed by atoms with Crippen molar-refractivity contribution in [1.82, 2.24) is 5.32 Å². The maximum absolute atomic E-state index is 12.0. The van der Waals surface area contributed by atoms with Crippen molar-refractivity contribution in [1.29, 1.82) is 5.26 Å². The van der Waals surface area contributed by atoms with E-state index in [4.69, 9.17) is 10.00 Å². The lowest BCUT2D eigenvalue weighted by Gasteiger charge is -2.23. The average Bonchev–Trinajstić information content (AvgIpc) is 2.90. The molecule has 110 valence electrons. The molecule has 0 aromatic heterocycles. The lowest BCUT2D eigenvalue weighted by molar-refractivity contribution is -0.144. The molecule has 1 aromatic carbocycles. The van der Waals surface area contributed by atoms with Gasteiger partial charge in [0.2, 0.25) is 0 Å². The molecular formula is C13H12BrN3O4. The Morgan fingerprint density at radius 2 is 2.24 bits per heavy atom. The highest BCUT2D eigenvalue weighted by Crippen LogP contribution is 2.22. The van der Waals surface area contributed by atoms with Crippen molar-refractivity contribution in [2.75, 3.05) is 18.5 Å². The molecule has 1 aliphatic heterocycles. The molecule has 0 aliphatic carbocycles. The fourth-order valence-corrected chi connectivity index (χ4v) is 2.34. The van der Waals surface area contributed by atoms with Crippen LogP contribution in [0.3, 0.4) is 0 Å². The quantitative estimate of drug-likeness (QED) is 0.765. The second-order valence-corrected chi connectivity index (χ2v) is 5.49. The fraction of sp³-hybridized carbons (Fsp3) is 0.308. The third kappa shape index (κ3) is 3.32. The van der Waals surface area contributed by atoms with Crippen molar-refractivity contribution < 1.29 is 19.4 Å². The van der Waals surface area contributed by atoms with E-state index in [1.807, 2.05) is 6.07 Å². The second-order valence-electron chi connectivity index (χ2n) is 4.57. The molecule has 1 aromatic rings. The summed E-state index contributed by atoms with van der Waals surface area (Å²) in [4.78, 5) is 23.3. The van der Waals surface area contributed by atoms with Crippen molar-refractivity contribution in [3.8, 4) is 6.07 Å². The molecular weight excluding hydrogens is 342 g/mol. The first-order valence-corrected chi connectivity index (χ1v) is 6.86. The molecule has 1 atom stereocenters. The number of hydrogen-bond acceptors (Lipinski definition) is 4. The third-order valence-corrected chi connectivity index (χ3v) is 3.63. The van der Waals surface area contributed by atoms with Crippen LogP contribution in [-0.2, 0) is 9.53 Å². The molecule has 1 fully saturated rings. The van der Waals surface area contributed by atoms with Gasteiger partial charge in [-0.2, -0.15) is 5.26 Å². The van der Waals surface area contributed by atoms with E-state index in [1.165, 1.54) is 0 Å². The molecule has 1 heterocycles. The molecule has 0 saturated carbocycles. The standard InChI is InChI=1S/C13H12BrN3O4/c14-9-1-2-10(8(5-9)6-15)16-12(20)17-13(11(18)19)3-4-21-7-13/h1-2,5H,3-4,7H2,(H,18,19)(H2,16,17,20). The van der Waals surface area contributed by atoms with Crippen LogP contribution < -0.4 is 10.6 Å². The lowest BCUT2D eigenvalue weighted by Crippen LogP contribution is -2.56. The first-order valence-electron chi connectivity index (χ1n) is 6.07. The molecule has 0 spiro atoms. The van der Waals surface area contributed by atoms with Crippen LogP contribution in [0.4, 0.5) is 10.5 Å². The number of anilines is 1. The van der Waals surface area contributed by atoms with Crippen molar-refractivity contribution in [2.24, 2.45) is 0 Å². The minimum atomic E-state index is -1.42. The summed E-state index contributed by atoms with van der Waals surface area (Å²) in [5, 5.41) is 23.2. The van der Waals surface area contributed by atoms with Gasteiger partial charge in [0.15, 0.2) is 5.54 Å². The molecule has 1 saturated heterocycles. The monoisotopic (exact) mass is 353 g/mol. The summed E-state index contributed by atoms with van der Waals surface area (Å²) in [6, 6.07) is 6.04. The Morgan fingerprint density at radius 1 is 1.48 bits per heavy atom. The topological polar surface area (TPSA) is 111 Å². The van der Waals surface area contributed by atoms with Gasteiger partial charge in [-0.25, -0.2) is 9.59 Å². The summed E-state index contributed by atoms with van der Waals surface area (Å²) < 4.78 is 5.76. The largest absolute Gasteiger partial charge is 0.479 e. The molecule has 7 nitrogen and oxygen atoms in total. The molecule has 3 N–H and O–H groups in total. The number of ether oxygens (including phenoxy) is 1. The van der Waals surface area contributed by atoms with E-state index in [-0.39, 0.29) is 25.2 Å². The Morgan fingerprint density at radius 3 is 2.81 bits per heavy atom. The number of nitriles is 1. The summed E-state index contributed by atoms with van der Waals surface area (Å²) in [5.41, 5.74) is -0.851. The van der Waals surface area contributed by atoms with Crippen LogP contribution in [0.5, 0.6) is 0 Å². The van der Waals surface area contributed by atoms with Crippen molar-refractivity contribution in [3.63, 3.8) is 0 Å². The number of halogens is 1. The normalized spacial score (nSPS) is 20.6. The van der Waals surface area contributed by atoms with Gasteiger partial charge in [-0.3, -0.25) is 0 Å². The summed E-state index contributed by atoms with van der Waals surface area (Å²) in [6.07, 6.45) is 0.196. The highest BCUT2D eigenvalue weighted by atomic mass is 79.9. The van der Waals surface area contributed by atoms with Crippen molar-refractivity contribution in [3.05, 3.63) is 28.2 Å². The number of aliphatic carboxylic acids is 1. The number of carboxylic acids is 1. The molecule has 8 heteroatoms. The Hall–Kier alpha value is -2.11. The number of nitrogens with one attached hydrogen (secondary N) is 2. The number of nitrogens with zero attached hydrogens (tertiary/aromatic N) is 1. The predicted octanol–water partition coefficient (Wildman–Crippen LogP) is 1.69. The van der Waals surface area contributed by atoms with Crippen LogP contribution in [0, 0.1) is 11.3 Å². The number of rotatable bonds is 3. The summed E-state index contributed by atoms with van der Waals surface area (Å²) >= 11 is 3.23. The Kier molecular flexibility index (Phi) is 4.45. The number of carbonyl (C=O) groups excluding carboxylic acids is 1.